The summed E-state index contributed by atoms with van der Waals surface area (Å²) in [6.07, 6.45) is 1.04. The summed E-state index contributed by atoms with van der Waals surface area (Å²) in [5, 5.41) is 2.76. The first-order chi connectivity index (χ1) is 15.5. The van der Waals surface area contributed by atoms with Crippen molar-refractivity contribution < 1.29 is 18.8 Å². The van der Waals surface area contributed by atoms with E-state index in [1.54, 1.807) is 30.3 Å². The van der Waals surface area contributed by atoms with E-state index in [0.717, 1.165) is 31.6 Å². The molecule has 2 aliphatic rings. The first-order valence-electron chi connectivity index (χ1n) is 10.9. The lowest BCUT2D eigenvalue weighted by molar-refractivity contribution is -0.133. The minimum atomic E-state index is -0.246. The van der Waals surface area contributed by atoms with Crippen molar-refractivity contribution >= 4 is 29.1 Å². The van der Waals surface area contributed by atoms with Gasteiger partial charge in [0.1, 0.15) is 12.4 Å². The Hall–Kier alpha value is -3.26. The van der Waals surface area contributed by atoms with Crippen LogP contribution in [0.2, 0.25) is 0 Å². The van der Waals surface area contributed by atoms with Gasteiger partial charge in [-0.25, -0.2) is 4.39 Å². The molecule has 7 nitrogen and oxygen atoms in total. The van der Waals surface area contributed by atoms with E-state index >= 15 is 0 Å². The van der Waals surface area contributed by atoms with Crippen molar-refractivity contribution in [1.82, 2.24) is 9.80 Å². The van der Waals surface area contributed by atoms with Crippen molar-refractivity contribution in [3.8, 4) is 0 Å². The number of amides is 3. The van der Waals surface area contributed by atoms with Gasteiger partial charge in [0.05, 0.1) is 11.4 Å². The highest BCUT2D eigenvalue weighted by molar-refractivity contribution is 6.10. The largest absolute Gasteiger partial charge is 0.341 e. The van der Waals surface area contributed by atoms with Crippen LogP contribution in [0.25, 0.3) is 0 Å². The Kier molecular flexibility index (Phi) is 6.80. The van der Waals surface area contributed by atoms with Crippen LogP contribution in [0.5, 0.6) is 0 Å². The molecule has 168 valence electrons. The standard InChI is InChI=1S/C24H27FN4O3/c25-19-8-6-18(7-9-19)16-27-12-3-13-28(15-14-27)23(31)10-11-24(32)29-17-22(30)26-20-4-1-2-5-21(20)29/h1-2,4-9H,3,10-17H2,(H,26,30). The van der Waals surface area contributed by atoms with Crippen LogP contribution in [-0.4, -0.2) is 60.2 Å². The number of benzene rings is 2. The zero-order valence-electron chi connectivity index (χ0n) is 17.9. The predicted molar refractivity (Wildman–Crippen MR) is 120 cm³/mol. The summed E-state index contributed by atoms with van der Waals surface area (Å²) in [7, 11) is 0. The minimum Gasteiger partial charge on any atom is -0.341 e. The summed E-state index contributed by atoms with van der Waals surface area (Å²) in [5.74, 6) is -0.758. The molecule has 2 aromatic rings. The molecule has 3 amide bonds. The molecule has 0 spiro atoms. The van der Waals surface area contributed by atoms with E-state index in [1.165, 1.54) is 17.0 Å². The fraction of sp³-hybridized carbons (Fsp3) is 0.375. The smallest absolute Gasteiger partial charge is 0.244 e. The Morgan fingerprint density at radius 3 is 2.47 bits per heavy atom. The number of hydrogen-bond donors (Lipinski definition) is 1. The van der Waals surface area contributed by atoms with Crippen LogP contribution in [0.15, 0.2) is 48.5 Å². The average molecular weight is 439 g/mol. The van der Waals surface area contributed by atoms with E-state index < -0.39 is 0 Å². The monoisotopic (exact) mass is 438 g/mol. The van der Waals surface area contributed by atoms with Crippen molar-refractivity contribution in [2.45, 2.75) is 25.8 Å². The van der Waals surface area contributed by atoms with Gasteiger partial charge in [-0.1, -0.05) is 24.3 Å². The molecular weight excluding hydrogens is 411 g/mol. The molecule has 0 unspecified atom stereocenters. The topological polar surface area (TPSA) is 73.0 Å². The SMILES string of the molecule is O=C1CN(C(=O)CCC(=O)N2CCCN(Cc3ccc(F)cc3)CC2)c2ccccc2N1. The molecule has 2 aliphatic heterocycles. The number of nitrogens with zero attached hydrogens (tertiary/aromatic N) is 3. The van der Waals surface area contributed by atoms with Gasteiger partial charge in [0, 0.05) is 45.6 Å². The number of rotatable bonds is 5. The second kappa shape index (κ2) is 9.91. The lowest BCUT2D eigenvalue weighted by Gasteiger charge is -2.29. The molecule has 1 fully saturated rings. The van der Waals surface area contributed by atoms with E-state index in [-0.39, 0.29) is 42.9 Å². The van der Waals surface area contributed by atoms with Crippen LogP contribution < -0.4 is 10.2 Å². The van der Waals surface area contributed by atoms with E-state index in [2.05, 4.69) is 10.2 Å². The molecule has 8 heteroatoms. The summed E-state index contributed by atoms with van der Waals surface area (Å²) in [4.78, 5) is 43.0. The van der Waals surface area contributed by atoms with Crippen LogP contribution in [-0.2, 0) is 20.9 Å². The maximum Gasteiger partial charge on any atom is 0.244 e. The Balaban J connectivity index is 1.28. The number of anilines is 2. The molecule has 0 bridgehead atoms. The van der Waals surface area contributed by atoms with E-state index in [1.807, 2.05) is 11.0 Å². The first kappa shape index (κ1) is 22.0. The fourth-order valence-electron chi connectivity index (χ4n) is 4.19. The zero-order chi connectivity index (χ0) is 22.5. The maximum absolute atomic E-state index is 13.1. The quantitative estimate of drug-likeness (QED) is 0.779. The molecule has 0 radical (unpaired) electrons. The number of halogens is 1. The molecule has 0 atom stereocenters. The molecule has 2 heterocycles. The van der Waals surface area contributed by atoms with Gasteiger partial charge in [-0.3, -0.25) is 19.3 Å². The summed E-state index contributed by atoms with van der Waals surface area (Å²) in [5.41, 5.74) is 2.32. The van der Waals surface area contributed by atoms with Crippen LogP contribution in [0, 0.1) is 5.82 Å². The maximum atomic E-state index is 13.1. The molecule has 0 aromatic heterocycles. The predicted octanol–water partition coefficient (Wildman–Crippen LogP) is 2.63. The number of carbonyl (C=O) groups is 3. The normalized spacial score (nSPS) is 16.8. The second-order valence-electron chi connectivity index (χ2n) is 8.18. The van der Waals surface area contributed by atoms with Gasteiger partial charge in [0.2, 0.25) is 17.7 Å². The van der Waals surface area contributed by atoms with Crippen molar-refractivity contribution in [1.29, 1.82) is 0 Å². The minimum absolute atomic E-state index is 0.0356. The molecule has 4 rings (SSSR count). The molecule has 32 heavy (non-hydrogen) atoms. The summed E-state index contributed by atoms with van der Waals surface area (Å²) in [6.45, 7) is 3.53. The van der Waals surface area contributed by atoms with E-state index in [0.29, 0.717) is 24.5 Å². The first-order valence-corrected chi connectivity index (χ1v) is 10.9. The Morgan fingerprint density at radius 1 is 0.906 bits per heavy atom. The molecule has 1 saturated heterocycles. The van der Waals surface area contributed by atoms with Gasteiger partial charge in [-0.2, -0.15) is 0 Å². The Morgan fingerprint density at radius 2 is 1.66 bits per heavy atom. The van der Waals surface area contributed by atoms with Crippen molar-refractivity contribution in [3.05, 3.63) is 59.9 Å². The average Bonchev–Trinajstić information content (AvgIpc) is 3.04. The fourth-order valence-corrected chi connectivity index (χ4v) is 4.19. The molecule has 1 N–H and O–H groups in total. The van der Waals surface area contributed by atoms with Crippen LogP contribution in [0.1, 0.15) is 24.8 Å². The van der Waals surface area contributed by atoms with Gasteiger partial charge in [-0.15, -0.1) is 0 Å². The highest BCUT2D eigenvalue weighted by Gasteiger charge is 2.27. The molecule has 0 aliphatic carbocycles. The van der Waals surface area contributed by atoms with Crippen LogP contribution in [0.4, 0.5) is 15.8 Å². The number of nitrogens with one attached hydrogen (secondary N) is 1. The highest BCUT2D eigenvalue weighted by Crippen LogP contribution is 2.29. The Labute approximate surface area is 186 Å². The number of para-hydroxylation sites is 2. The Bertz CT molecular complexity index is 995. The molecule has 0 saturated carbocycles. The lowest BCUT2D eigenvalue weighted by Crippen LogP contribution is -2.42. The van der Waals surface area contributed by atoms with Gasteiger partial charge in [0.25, 0.3) is 0 Å². The van der Waals surface area contributed by atoms with Crippen LogP contribution >= 0.6 is 0 Å². The summed E-state index contributed by atoms with van der Waals surface area (Å²) >= 11 is 0. The number of fused-ring (bicyclic) bond motifs is 1. The lowest BCUT2D eigenvalue weighted by atomic mass is 10.1. The number of hydrogen-bond acceptors (Lipinski definition) is 4. The summed E-state index contributed by atoms with van der Waals surface area (Å²) in [6, 6.07) is 13.7. The third-order valence-corrected chi connectivity index (χ3v) is 5.89. The molecular formula is C24H27FN4O3. The van der Waals surface area contributed by atoms with Crippen molar-refractivity contribution in [3.63, 3.8) is 0 Å². The van der Waals surface area contributed by atoms with Gasteiger partial charge in [0.15, 0.2) is 0 Å². The zero-order valence-corrected chi connectivity index (χ0v) is 17.9. The van der Waals surface area contributed by atoms with E-state index in [9.17, 15) is 18.8 Å². The third-order valence-electron chi connectivity index (χ3n) is 5.89. The number of carbonyl (C=O) groups excluding carboxylic acids is 3. The van der Waals surface area contributed by atoms with Crippen LogP contribution in [0.3, 0.4) is 0 Å². The molecule has 2 aromatic carbocycles. The third kappa shape index (κ3) is 5.31. The van der Waals surface area contributed by atoms with Gasteiger partial charge >= 0.3 is 0 Å². The highest BCUT2D eigenvalue weighted by atomic mass is 19.1. The second-order valence-corrected chi connectivity index (χ2v) is 8.18. The van der Waals surface area contributed by atoms with E-state index in [4.69, 9.17) is 0 Å². The van der Waals surface area contributed by atoms with Crippen molar-refractivity contribution in [2.24, 2.45) is 0 Å². The summed E-state index contributed by atoms with van der Waals surface area (Å²) < 4.78 is 13.1. The van der Waals surface area contributed by atoms with Gasteiger partial charge in [-0.05, 0) is 36.2 Å². The van der Waals surface area contributed by atoms with Gasteiger partial charge < -0.3 is 15.1 Å². The van der Waals surface area contributed by atoms with Crippen molar-refractivity contribution in [2.75, 3.05) is 42.9 Å².